The zero-order valence-corrected chi connectivity index (χ0v) is 10.3. The van der Waals surface area contributed by atoms with Gasteiger partial charge in [0.05, 0.1) is 0 Å². The van der Waals surface area contributed by atoms with Crippen LogP contribution in [-0.4, -0.2) is 29.6 Å². The largest absolute Gasteiger partial charge is 0.330 e. The fourth-order valence-electron chi connectivity index (χ4n) is 3.61. The molecule has 1 aliphatic carbocycles. The summed E-state index contributed by atoms with van der Waals surface area (Å²) in [6.45, 7) is 6.91. The summed E-state index contributed by atoms with van der Waals surface area (Å²) in [5.74, 6) is 0.738. The summed E-state index contributed by atoms with van der Waals surface area (Å²) in [4.78, 5) is 2.75. The quantitative estimate of drug-likeness (QED) is 0.758. The monoisotopic (exact) mass is 210 g/mol. The number of hydrogen-bond donors (Lipinski definition) is 1. The van der Waals surface area contributed by atoms with Gasteiger partial charge in [-0.3, -0.25) is 4.90 Å². The standard InChI is InChI=1S/C13H26N2/c1-13(2)8-11(9-14)10-15(13)12-6-4-3-5-7-12/h11-12H,3-10,14H2,1-2H3. The molecule has 1 unspecified atom stereocenters. The van der Waals surface area contributed by atoms with E-state index in [1.54, 1.807) is 0 Å². The third kappa shape index (κ3) is 2.36. The van der Waals surface area contributed by atoms with Crippen molar-refractivity contribution in [2.24, 2.45) is 11.7 Å². The summed E-state index contributed by atoms with van der Waals surface area (Å²) >= 11 is 0. The minimum atomic E-state index is 0.395. The molecule has 0 aromatic heterocycles. The molecule has 0 aromatic rings. The number of nitrogens with zero attached hydrogens (tertiary/aromatic N) is 1. The van der Waals surface area contributed by atoms with Gasteiger partial charge < -0.3 is 5.73 Å². The average Bonchev–Trinajstić information content (AvgIpc) is 2.55. The smallest absolute Gasteiger partial charge is 0.0159 e. The fraction of sp³-hybridized carbons (Fsp3) is 1.00. The predicted octanol–water partition coefficient (Wildman–Crippen LogP) is 2.38. The second kappa shape index (κ2) is 4.42. The second-order valence-corrected chi connectivity index (χ2v) is 6.06. The Bertz CT molecular complexity index is 207. The molecule has 2 rings (SSSR count). The van der Waals surface area contributed by atoms with E-state index in [9.17, 15) is 0 Å². The van der Waals surface area contributed by atoms with Crippen LogP contribution in [0.1, 0.15) is 52.4 Å². The van der Waals surface area contributed by atoms with E-state index < -0.39 is 0 Å². The van der Waals surface area contributed by atoms with Crippen molar-refractivity contribution in [3.05, 3.63) is 0 Å². The van der Waals surface area contributed by atoms with E-state index in [2.05, 4.69) is 18.7 Å². The predicted molar refractivity (Wildman–Crippen MR) is 64.8 cm³/mol. The van der Waals surface area contributed by atoms with Crippen molar-refractivity contribution in [2.75, 3.05) is 13.1 Å². The summed E-state index contributed by atoms with van der Waals surface area (Å²) in [7, 11) is 0. The van der Waals surface area contributed by atoms with Crippen molar-refractivity contribution in [3.63, 3.8) is 0 Å². The van der Waals surface area contributed by atoms with Gasteiger partial charge >= 0.3 is 0 Å². The highest BCUT2D eigenvalue weighted by atomic mass is 15.2. The van der Waals surface area contributed by atoms with Gasteiger partial charge in [0.25, 0.3) is 0 Å². The molecule has 2 N–H and O–H groups in total. The Morgan fingerprint density at radius 1 is 1.20 bits per heavy atom. The Morgan fingerprint density at radius 2 is 1.87 bits per heavy atom. The molecule has 88 valence electrons. The first-order valence-electron chi connectivity index (χ1n) is 6.60. The Morgan fingerprint density at radius 3 is 2.40 bits per heavy atom. The molecule has 2 aliphatic rings. The molecule has 2 heteroatoms. The van der Waals surface area contributed by atoms with Gasteiger partial charge in [0, 0.05) is 18.1 Å². The molecule has 1 atom stereocenters. The topological polar surface area (TPSA) is 29.3 Å². The van der Waals surface area contributed by atoms with Gasteiger partial charge in [-0.1, -0.05) is 19.3 Å². The van der Waals surface area contributed by atoms with Crippen molar-refractivity contribution < 1.29 is 0 Å². The maximum absolute atomic E-state index is 5.82. The van der Waals surface area contributed by atoms with E-state index in [4.69, 9.17) is 5.73 Å². The van der Waals surface area contributed by atoms with E-state index in [0.717, 1.165) is 18.5 Å². The molecule has 0 spiro atoms. The Kier molecular flexibility index (Phi) is 3.36. The minimum Gasteiger partial charge on any atom is -0.330 e. The molecule has 1 saturated heterocycles. The Balaban J connectivity index is 2.00. The van der Waals surface area contributed by atoms with Crippen LogP contribution in [0.5, 0.6) is 0 Å². The number of likely N-dealkylation sites (tertiary alicyclic amines) is 1. The zero-order valence-electron chi connectivity index (χ0n) is 10.3. The van der Waals surface area contributed by atoms with Crippen LogP contribution in [0.3, 0.4) is 0 Å². The molecule has 0 amide bonds. The zero-order chi connectivity index (χ0) is 10.9. The first-order chi connectivity index (χ1) is 7.13. The molecule has 0 bridgehead atoms. The lowest BCUT2D eigenvalue weighted by molar-refractivity contribution is 0.0889. The molecule has 1 heterocycles. The van der Waals surface area contributed by atoms with Crippen molar-refractivity contribution in [1.82, 2.24) is 4.90 Å². The number of nitrogens with two attached hydrogens (primary N) is 1. The molecule has 1 aliphatic heterocycles. The SMILES string of the molecule is CC1(C)CC(CN)CN1C1CCCCC1. The lowest BCUT2D eigenvalue weighted by atomic mass is 9.90. The van der Waals surface area contributed by atoms with Gasteiger partial charge in [-0.15, -0.1) is 0 Å². The summed E-state index contributed by atoms with van der Waals surface area (Å²) in [6.07, 6.45) is 8.45. The van der Waals surface area contributed by atoms with E-state index in [1.165, 1.54) is 45.1 Å². The van der Waals surface area contributed by atoms with E-state index in [0.29, 0.717) is 5.54 Å². The van der Waals surface area contributed by atoms with Gasteiger partial charge in [-0.25, -0.2) is 0 Å². The molecule has 1 saturated carbocycles. The van der Waals surface area contributed by atoms with Crippen LogP contribution in [0, 0.1) is 5.92 Å². The van der Waals surface area contributed by atoms with Crippen molar-refractivity contribution >= 4 is 0 Å². The van der Waals surface area contributed by atoms with E-state index >= 15 is 0 Å². The van der Waals surface area contributed by atoms with Crippen LogP contribution in [0.4, 0.5) is 0 Å². The van der Waals surface area contributed by atoms with Gasteiger partial charge in [0.1, 0.15) is 0 Å². The van der Waals surface area contributed by atoms with Crippen LogP contribution < -0.4 is 5.73 Å². The van der Waals surface area contributed by atoms with Crippen molar-refractivity contribution in [1.29, 1.82) is 0 Å². The summed E-state index contributed by atoms with van der Waals surface area (Å²) in [6, 6.07) is 0.852. The number of hydrogen-bond acceptors (Lipinski definition) is 2. The third-order valence-corrected chi connectivity index (χ3v) is 4.37. The lowest BCUT2D eigenvalue weighted by Crippen LogP contribution is -2.46. The first kappa shape index (κ1) is 11.4. The molecule has 2 fully saturated rings. The highest BCUT2D eigenvalue weighted by Gasteiger charge is 2.41. The third-order valence-electron chi connectivity index (χ3n) is 4.37. The van der Waals surface area contributed by atoms with Gasteiger partial charge in [0.2, 0.25) is 0 Å². The van der Waals surface area contributed by atoms with E-state index in [1.807, 2.05) is 0 Å². The molecular formula is C13H26N2. The van der Waals surface area contributed by atoms with Crippen molar-refractivity contribution in [2.45, 2.75) is 64.0 Å². The fourth-order valence-corrected chi connectivity index (χ4v) is 3.61. The highest BCUT2D eigenvalue weighted by molar-refractivity contribution is 4.96. The van der Waals surface area contributed by atoms with E-state index in [-0.39, 0.29) is 0 Å². The summed E-state index contributed by atoms with van der Waals surface area (Å²) < 4.78 is 0. The minimum absolute atomic E-state index is 0.395. The lowest BCUT2D eigenvalue weighted by Gasteiger charge is -2.40. The number of rotatable bonds is 2. The maximum Gasteiger partial charge on any atom is 0.0159 e. The normalized spacial score (nSPS) is 33.4. The molecule has 0 radical (unpaired) electrons. The molecular weight excluding hydrogens is 184 g/mol. The summed E-state index contributed by atoms with van der Waals surface area (Å²) in [5.41, 5.74) is 6.21. The summed E-state index contributed by atoms with van der Waals surface area (Å²) in [5, 5.41) is 0. The van der Waals surface area contributed by atoms with Crippen LogP contribution in [-0.2, 0) is 0 Å². The van der Waals surface area contributed by atoms with Crippen LogP contribution in [0.2, 0.25) is 0 Å². The first-order valence-corrected chi connectivity index (χ1v) is 6.60. The van der Waals surface area contributed by atoms with Crippen LogP contribution >= 0.6 is 0 Å². The highest BCUT2D eigenvalue weighted by Crippen LogP contribution is 2.37. The van der Waals surface area contributed by atoms with Crippen LogP contribution in [0.25, 0.3) is 0 Å². The molecule has 0 aromatic carbocycles. The van der Waals surface area contributed by atoms with Gasteiger partial charge in [-0.2, -0.15) is 0 Å². The second-order valence-electron chi connectivity index (χ2n) is 6.06. The average molecular weight is 210 g/mol. The Hall–Kier alpha value is -0.0800. The van der Waals surface area contributed by atoms with Crippen LogP contribution in [0.15, 0.2) is 0 Å². The molecule has 15 heavy (non-hydrogen) atoms. The van der Waals surface area contributed by atoms with Gasteiger partial charge in [0.15, 0.2) is 0 Å². The van der Waals surface area contributed by atoms with Gasteiger partial charge in [-0.05, 0) is 45.6 Å². The maximum atomic E-state index is 5.82. The van der Waals surface area contributed by atoms with Crippen molar-refractivity contribution in [3.8, 4) is 0 Å². The Labute approximate surface area is 94.2 Å². The molecule has 2 nitrogen and oxygen atoms in total.